The van der Waals surface area contributed by atoms with Crippen LogP contribution in [0, 0.1) is 11.8 Å². The Bertz CT molecular complexity index is 137. The van der Waals surface area contributed by atoms with Crippen molar-refractivity contribution in [1.29, 1.82) is 0 Å². The first-order valence-electron chi connectivity index (χ1n) is 4.69. The van der Waals surface area contributed by atoms with Crippen LogP contribution in [0.2, 0.25) is 0 Å². The standard InChI is InChI=1S/C9H18O4/c1-13-8-3-6(4-10)2-7(5-11)9(8)12/h6-12H,2-5H2,1H3/p+1. The minimum Gasteiger partial charge on any atom is -0.445 e. The molecule has 0 spiro atoms. The molecule has 4 atom stereocenters. The maximum absolute atomic E-state index is 9.72. The Morgan fingerprint density at radius 3 is 2.62 bits per heavy atom. The van der Waals surface area contributed by atoms with Crippen molar-refractivity contribution in [2.45, 2.75) is 25.0 Å². The molecule has 4 heteroatoms. The quantitative estimate of drug-likeness (QED) is 0.568. The average Bonchev–Trinajstić information content (AvgIpc) is 2.18. The van der Waals surface area contributed by atoms with Gasteiger partial charge in [-0.2, -0.15) is 0 Å². The molecule has 0 aromatic rings. The van der Waals surface area contributed by atoms with Crippen molar-refractivity contribution in [3.05, 3.63) is 0 Å². The van der Waals surface area contributed by atoms with Crippen molar-refractivity contribution < 1.29 is 20.1 Å². The largest absolute Gasteiger partial charge is 0.445 e. The second-order valence-corrected chi connectivity index (χ2v) is 3.75. The van der Waals surface area contributed by atoms with Crippen molar-refractivity contribution >= 4 is 0 Å². The van der Waals surface area contributed by atoms with E-state index >= 15 is 0 Å². The first-order chi connectivity index (χ1) is 6.22. The van der Waals surface area contributed by atoms with Crippen LogP contribution in [0.5, 0.6) is 0 Å². The first-order valence-corrected chi connectivity index (χ1v) is 4.69. The number of rotatable bonds is 3. The summed E-state index contributed by atoms with van der Waals surface area (Å²) < 4.78 is 5.12. The van der Waals surface area contributed by atoms with Crippen LogP contribution in [0.25, 0.3) is 0 Å². The van der Waals surface area contributed by atoms with Gasteiger partial charge in [-0.05, 0) is 18.8 Å². The van der Waals surface area contributed by atoms with E-state index in [1.807, 2.05) is 0 Å². The molecule has 4 N–H and O–H groups in total. The number of ether oxygens (including phenoxy) is 1. The van der Waals surface area contributed by atoms with Crippen LogP contribution in [0.3, 0.4) is 0 Å². The molecule has 0 radical (unpaired) electrons. The lowest BCUT2D eigenvalue weighted by atomic mass is 9.78. The highest BCUT2D eigenvalue weighted by atomic mass is 16.5. The maximum Gasteiger partial charge on any atom is 0.149 e. The topological polar surface area (TPSA) is 72.6 Å². The van der Waals surface area contributed by atoms with E-state index in [0.717, 1.165) is 6.42 Å². The fourth-order valence-corrected chi connectivity index (χ4v) is 2.02. The third kappa shape index (κ3) is 2.40. The van der Waals surface area contributed by atoms with Gasteiger partial charge >= 0.3 is 0 Å². The van der Waals surface area contributed by atoms with E-state index in [2.05, 4.69) is 0 Å². The third-order valence-electron chi connectivity index (χ3n) is 2.89. The Balaban J connectivity index is 2.56. The van der Waals surface area contributed by atoms with Crippen molar-refractivity contribution in [2.75, 3.05) is 20.3 Å². The summed E-state index contributed by atoms with van der Waals surface area (Å²) in [7, 11) is 1.56. The number of hydrogen-bond acceptors (Lipinski definition) is 3. The third-order valence-corrected chi connectivity index (χ3v) is 2.89. The van der Waals surface area contributed by atoms with E-state index in [-0.39, 0.29) is 31.2 Å². The smallest absolute Gasteiger partial charge is 0.149 e. The summed E-state index contributed by atoms with van der Waals surface area (Å²) in [6.07, 6.45) is 0.692. The summed E-state index contributed by atoms with van der Waals surface area (Å²) in [6, 6.07) is 0. The second kappa shape index (κ2) is 4.91. The van der Waals surface area contributed by atoms with Crippen molar-refractivity contribution in [3.63, 3.8) is 0 Å². The molecular weight excluding hydrogens is 172 g/mol. The molecule has 0 aliphatic heterocycles. The molecule has 4 unspecified atom stereocenters. The van der Waals surface area contributed by atoms with E-state index in [4.69, 9.17) is 14.9 Å². The van der Waals surface area contributed by atoms with Gasteiger partial charge in [-0.3, -0.25) is 0 Å². The molecule has 0 amide bonds. The van der Waals surface area contributed by atoms with Gasteiger partial charge in [-0.1, -0.05) is 0 Å². The number of aliphatic hydroxyl groups excluding tert-OH is 2. The number of methoxy groups -OCH3 is 1. The molecular formula is C9H19O4+. The maximum atomic E-state index is 9.72. The Hall–Kier alpha value is -0.160. The molecule has 4 nitrogen and oxygen atoms in total. The Labute approximate surface area is 78.1 Å². The summed E-state index contributed by atoms with van der Waals surface area (Å²) in [6.45, 7) is 0.334. The van der Waals surface area contributed by atoms with Crippen LogP contribution in [0.15, 0.2) is 0 Å². The molecule has 1 fully saturated rings. The molecule has 1 saturated carbocycles. The summed E-state index contributed by atoms with van der Waals surface area (Å²) >= 11 is 0. The summed E-state index contributed by atoms with van der Waals surface area (Å²) in [4.78, 5) is 0. The molecule has 78 valence electrons. The molecule has 0 aromatic heterocycles. The van der Waals surface area contributed by atoms with E-state index in [1.54, 1.807) is 7.11 Å². The minimum absolute atomic E-state index is 0.0455. The van der Waals surface area contributed by atoms with Crippen LogP contribution in [0.1, 0.15) is 12.8 Å². The molecule has 0 heterocycles. The zero-order chi connectivity index (χ0) is 9.84. The van der Waals surface area contributed by atoms with Crippen LogP contribution >= 0.6 is 0 Å². The van der Waals surface area contributed by atoms with Gasteiger partial charge in [0.15, 0.2) is 0 Å². The molecule has 0 saturated heterocycles. The van der Waals surface area contributed by atoms with E-state index < -0.39 is 6.10 Å². The van der Waals surface area contributed by atoms with Crippen LogP contribution in [-0.4, -0.2) is 47.9 Å². The average molecular weight is 191 g/mol. The number of hydrogen-bond donors (Lipinski definition) is 2. The Morgan fingerprint density at radius 2 is 2.15 bits per heavy atom. The molecule has 13 heavy (non-hydrogen) atoms. The van der Waals surface area contributed by atoms with Gasteiger partial charge in [-0.15, -0.1) is 0 Å². The predicted octanol–water partition coefficient (Wildman–Crippen LogP) is -0.895. The lowest BCUT2D eigenvalue weighted by molar-refractivity contribution is -0.0975. The lowest BCUT2D eigenvalue weighted by Gasteiger charge is -2.35. The summed E-state index contributed by atoms with van der Waals surface area (Å²) in [5.74, 6) is 0.138. The number of aliphatic hydroxyl groups is 2. The predicted molar refractivity (Wildman–Crippen MR) is 48.6 cm³/mol. The highest BCUT2D eigenvalue weighted by molar-refractivity contribution is 4.86. The highest BCUT2D eigenvalue weighted by Gasteiger charge is 2.37. The van der Waals surface area contributed by atoms with Crippen molar-refractivity contribution in [1.82, 2.24) is 0 Å². The van der Waals surface area contributed by atoms with Gasteiger partial charge in [0.2, 0.25) is 0 Å². The van der Waals surface area contributed by atoms with Gasteiger partial charge in [-0.25, -0.2) is 0 Å². The van der Waals surface area contributed by atoms with Crippen LogP contribution in [0.4, 0.5) is 0 Å². The van der Waals surface area contributed by atoms with Gasteiger partial charge in [0.1, 0.15) is 6.61 Å². The van der Waals surface area contributed by atoms with E-state index in [1.165, 1.54) is 0 Å². The monoisotopic (exact) mass is 191 g/mol. The minimum atomic E-state index is -0.537. The normalized spacial score (nSPS) is 40.6. The van der Waals surface area contributed by atoms with Crippen molar-refractivity contribution in [2.24, 2.45) is 11.8 Å². The molecule has 0 aromatic carbocycles. The Morgan fingerprint density at radius 1 is 1.46 bits per heavy atom. The zero-order valence-electron chi connectivity index (χ0n) is 7.94. The van der Waals surface area contributed by atoms with Crippen molar-refractivity contribution in [3.8, 4) is 0 Å². The SMILES string of the molecule is COC1CC(CO)CC(C[OH2+])C1O. The van der Waals surface area contributed by atoms with Crippen LogP contribution < -0.4 is 0 Å². The summed E-state index contributed by atoms with van der Waals surface area (Å²) in [5, 5.41) is 26.0. The molecule has 1 aliphatic carbocycles. The Kier molecular flexibility index (Phi) is 4.12. The van der Waals surface area contributed by atoms with Gasteiger partial charge < -0.3 is 20.1 Å². The second-order valence-electron chi connectivity index (χ2n) is 3.75. The first kappa shape index (κ1) is 10.9. The van der Waals surface area contributed by atoms with Gasteiger partial charge in [0.05, 0.1) is 18.1 Å². The zero-order valence-corrected chi connectivity index (χ0v) is 7.94. The fourth-order valence-electron chi connectivity index (χ4n) is 2.02. The fraction of sp³-hybridized carbons (Fsp3) is 1.00. The van der Waals surface area contributed by atoms with Gasteiger partial charge in [0.25, 0.3) is 0 Å². The molecule has 0 bridgehead atoms. The van der Waals surface area contributed by atoms with E-state index in [0.29, 0.717) is 6.42 Å². The highest BCUT2D eigenvalue weighted by Crippen LogP contribution is 2.30. The van der Waals surface area contributed by atoms with E-state index in [9.17, 15) is 5.11 Å². The molecule has 1 aliphatic rings. The summed E-state index contributed by atoms with van der Waals surface area (Å²) in [5.41, 5.74) is 0. The molecule has 1 rings (SSSR count). The van der Waals surface area contributed by atoms with Gasteiger partial charge in [0, 0.05) is 13.7 Å². The van der Waals surface area contributed by atoms with Crippen LogP contribution in [-0.2, 0) is 4.74 Å². The lowest BCUT2D eigenvalue weighted by Crippen LogP contribution is -2.44.